The van der Waals surface area contributed by atoms with E-state index in [4.69, 9.17) is 0 Å². The third-order valence-electron chi connectivity index (χ3n) is 4.46. The third kappa shape index (κ3) is 2.30. The second kappa shape index (κ2) is 5.27. The summed E-state index contributed by atoms with van der Waals surface area (Å²) in [5.74, 6) is 1.04. The summed E-state index contributed by atoms with van der Waals surface area (Å²) < 4.78 is 0. The Morgan fingerprint density at radius 3 is 2.75 bits per heavy atom. The van der Waals surface area contributed by atoms with Crippen molar-refractivity contribution in [3.63, 3.8) is 0 Å². The summed E-state index contributed by atoms with van der Waals surface area (Å²) in [6, 6.07) is 6.58. The van der Waals surface area contributed by atoms with Crippen molar-refractivity contribution >= 4 is 17.6 Å². The highest BCUT2D eigenvalue weighted by Gasteiger charge is 2.40. The number of hydrogen-bond donors (Lipinski definition) is 2. The molecule has 4 heteroatoms. The van der Waals surface area contributed by atoms with Crippen LogP contribution >= 0.6 is 0 Å². The number of guanidine groups is 1. The van der Waals surface area contributed by atoms with Crippen molar-refractivity contribution in [2.45, 2.75) is 45.6 Å². The maximum Gasteiger partial charge on any atom is 0.358 e. The van der Waals surface area contributed by atoms with Gasteiger partial charge >= 0.3 is 11.9 Å². The lowest BCUT2D eigenvalue weighted by Crippen LogP contribution is -2.73. The van der Waals surface area contributed by atoms with E-state index in [2.05, 4.69) is 36.3 Å². The average Bonchev–Trinajstić information content (AvgIpc) is 3.05. The van der Waals surface area contributed by atoms with E-state index in [-0.39, 0.29) is 5.91 Å². The summed E-state index contributed by atoms with van der Waals surface area (Å²) in [6.07, 6.45) is 4.69. The molecule has 4 nitrogen and oxygen atoms in total. The Kier molecular flexibility index (Phi) is 3.47. The summed E-state index contributed by atoms with van der Waals surface area (Å²) in [5, 5.41) is 3.42. The lowest BCUT2D eigenvalue weighted by molar-refractivity contribution is -0.438. The first kappa shape index (κ1) is 13.2. The van der Waals surface area contributed by atoms with Crippen LogP contribution in [0.15, 0.2) is 18.2 Å². The zero-order valence-electron chi connectivity index (χ0n) is 12.2. The normalized spacial score (nSPS) is 19.6. The van der Waals surface area contributed by atoms with Crippen LogP contribution in [0.2, 0.25) is 0 Å². The van der Waals surface area contributed by atoms with Gasteiger partial charge < -0.3 is 0 Å². The Balaban J connectivity index is 1.82. The van der Waals surface area contributed by atoms with Gasteiger partial charge in [0, 0.05) is 0 Å². The Hall–Kier alpha value is -1.84. The van der Waals surface area contributed by atoms with Crippen LogP contribution in [0, 0.1) is 13.8 Å². The molecule has 0 atom stereocenters. The SMILES string of the molecule is Cc1cccc(NC2=[NH+]CC(=O)N2C2CCCC2)c1C. The molecular formula is C16H22N3O+. The van der Waals surface area contributed by atoms with Crippen LogP contribution in [0.4, 0.5) is 5.69 Å². The summed E-state index contributed by atoms with van der Waals surface area (Å²) in [6.45, 7) is 4.62. The van der Waals surface area contributed by atoms with Gasteiger partial charge in [-0.3, -0.25) is 9.79 Å². The molecule has 0 radical (unpaired) electrons. The summed E-state index contributed by atoms with van der Waals surface area (Å²) in [4.78, 5) is 17.3. The Labute approximate surface area is 119 Å². The van der Waals surface area contributed by atoms with Gasteiger partial charge in [0.2, 0.25) is 0 Å². The largest absolute Gasteiger partial charge is 0.358 e. The number of nitrogens with one attached hydrogen (secondary N) is 2. The van der Waals surface area contributed by atoms with Crippen molar-refractivity contribution < 1.29 is 9.79 Å². The first-order valence-corrected chi connectivity index (χ1v) is 7.43. The lowest BCUT2D eigenvalue weighted by Gasteiger charge is -2.19. The van der Waals surface area contributed by atoms with Gasteiger partial charge in [0.25, 0.3) is 0 Å². The number of amides is 1. The molecule has 0 aromatic heterocycles. The number of carbonyl (C=O) groups excluding carboxylic acids is 1. The minimum atomic E-state index is 0.185. The van der Waals surface area contributed by atoms with E-state index in [1.54, 1.807) is 0 Å². The number of rotatable bonds is 2. The van der Waals surface area contributed by atoms with E-state index in [1.807, 2.05) is 11.0 Å². The van der Waals surface area contributed by atoms with Crippen LogP contribution < -0.4 is 10.3 Å². The van der Waals surface area contributed by atoms with E-state index in [1.165, 1.54) is 24.0 Å². The first-order chi connectivity index (χ1) is 9.66. The monoisotopic (exact) mass is 272 g/mol. The van der Waals surface area contributed by atoms with Crippen molar-refractivity contribution in [3.8, 4) is 0 Å². The van der Waals surface area contributed by atoms with E-state index in [9.17, 15) is 4.79 Å². The molecule has 0 unspecified atom stereocenters. The van der Waals surface area contributed by atoms with Crippen LogP contribution in [-0.4, -0.2) is 29.4 Å². The average molecular weight is 272 g/mol. The fourth-order valence-corrected chi connectivity index (χ4v) is 3.12. The van der Waals surface area contributed by atoms with Crippen LogP contribution in [-0.2, 0) is 4.79 Å². The molecule has 2 N–H and O–H groups in total. The summed E-state index contributed by atoms with van der Waals surface area (Å²) >= 11 is 0. The highest BCUT2D eigenvalue weighted by molar-refractivity contribution is 6.04. The summed E-state index contributed by atoms with van der Waals surface area (Å²) in [7, 11) is 0. The molecule has 1 heterocycles. The Morgan fingerprint density at radius 1 is 1.25 bits per heavy atom. The van der Waals surface area contributed by atoms with Crippen molar-refractivity contribution in [3.05, 3.63) is 29.3 Å². The molecule has 3 rings (SSSR count). The molecular weight excluding hydrogens is 250 g/mol. The molecule has 1 saturated carbocycles. The van der Waals surface area contributed by atoms with Gasteiger partial charge in [-0.2, -0.15) is 4.90 Å². The van der Waals surface area contributed by atoms with Crippen LogP contribution in [0.3, 0.4) is 0 Å². The van der Waals surface area contributed by atoms with Gasteiger partial charge in [-0.1, -0.05) is 12.1 Å². The molecule has 2 aliphatic rings. The van der Waals surface area contributed by atoms with Crippen molar-refractivity contribution in [1.82, 2.24) is 4.90 Å². The third-order valence-corrected chi connectivity index (χ3v) is 4.46. The molecule has 0 bridgehead atoms. The molecule has 1 aromatic rings. The predicted octanol–water partition coefficient (Wildman–Crippen LogP) is 0.937. The standard InChI is InChI=1S/C16H21N3O/c1-11-6-5-9-14(12(11)2)18-16-17-10-15(20)19(16)13-7-3-4-8-13/h5-6,9,13H,3-4,7-8,10H2,1-2H3,(H,17,18)/p+1. The van der Waals surface area contributed by atoms with Gasteiger partial charge in [0.1, 0.15) is 5.69 Å². The number of hydrogen-bond acceptors (Lipinski definition) is 2. The first-order valence-electron chi connectivity index (χ1n) is 7.43. The smallest absolute Gasteiger partial charge is 0.266 e. The van der Waals surface area contributed by atoms with E-state index >= 15 is 0 Å². The molecule has 1 aromatic carbocycles. The van der Waals surface area contributed by atoms with Gasteiger partial charge in [0.05, 0.1) is 6.04 Å². The van der Waals surface area contributed by atoms with Crippen molar-refractivity contribution in [1.29, 1.82) is 0 Å². The van der Waals surface area contributed by atoms with E-state index < -0.39 is 0 Å². The lowest BCUT2D eigenvalue weighted by atomic mass is 10.1. The highest BCUT2D eigenvalue weighted by atomic mass is 16.2. The topological polar surface area (TPSA) is 46.3 Å². The quantitative estimate of drug-likeness (QED) is 0.841. The maximum absolute atomic E-state index is 12.1. The molecule has 1 aliphatic heterocycles. The van der Waals surface area contributed by atoms with Crippen molar-refractivity contribution in [2.24, 2.45) is 0 Å². The highest BCUT2D eigenvalue weighted by Crippen LogP contribution is 2.25. The minimum Gasteiger partial charge on any atom is -0.266 e. The van der Waals surface area contributed by atoms with Gasteiger partial charge in [-0.05, 0) is 56.7 Å². The summed E-state index contributed by atoms with van der Waals surface area (Å²) in [5.41, 5.74) is 3.56. The number of nitrogens with zero attached hydrogens (tertiary/aromatic N) is 1. The molecule has 1 amide bonds. The van der Waals surface area contributed by atoms with Gasteiger partial charge in [-0.15, -0.1) is 0 Å². The zero-order chi connectivity index (χ0) is 14.1. The second-order valence-electron chi connectivity index (χ2n) is 5.78. The van der Waals surface area contributed by atoms with Gasteiger partial charge in [0.15, 0.2) is 6.54 Å². The molecule has 0 saturated heterocycles. The fourth-order valence-electron chi connectivity index (χ4n) is 3.12. The number of anilines is 1. The number of benzene rings is 1. The minimum absolute atomic E-state index is 0.185. The molecule has 20 heavy (non-hydrogen) atoms. The van der Waals surface area contributed by atoms with Crippen LogP contribution in [0.25, 0.3) is 0 Å². The maximum atomic E-state index is 12.1. The molecule has 0 spiro atoms. The number of carbonyl (C=O) groups is 1. The zero-order valence-corrected chi connectivity index (χ0v) is 12.2. The van der Waals surface area contributed by atoms with E-state index in [0.717, 1.165) is 24.5 Å². The van der Waals surface area contributed by atoms with Crippen LogP contribution in [0.5, 0.6) is 0 Å². The molecule has 106 valence electrons. The molecule has 1 aliphatic carbocycles. The van der Waals surface area contributed by atoms with Crippen LogP contribution in [0.1, 0.15) is 36.8 Å². The van der Waals surface area contributed by atoms with E-state index in [0.29, 0.717) is 12.6 Å². The predicted molar refractivity (Wildman–Crippen MR) is 79.5 cm³/mol. The van der Waals surface area contributed by atoms with Gasteiger partial charge in [-0.25, -0.2) is 5.32 Å². The van der Waals surface area contributed by atoms with Crippen molar-refractivity contribution in [2.75, 3.05) is 11.9 Å². The second-order valence-corrected chi connectivity index (χ2v) is 5.78. The molecule has 1 fully saturated rings. The fraction of sp³-hybridized carbons (Fsp3) is 0.500. The Morgan fingerprint density at radius 2 is 2.00 bits per heavy atom. The Bertz CT molecular complexity index is 559. The number of aryl methyl sites for hydroxylation is 1.